The quantitative estimate of drug-likeness (QED) is 0.0727. The monoisotopic (exact) mass is 768 g/mol. The van der Waals surface area contributed by atoms with Gasteiger partial charge in [-0.05, 0) is 89.2 Å². The lowest BCUT2D eigenvalue weighted by molar-refractivity contribution is -0.384. The number of halogens is 1. The van der Waals surface area contributed by atoms with E-state index in [-0.39, 0.29) is 29.7 Å². The standard InChI is InChI=1S/C42H33BrN4O6/c43-30-13-16-38(53-25-26-11-14-31(15-12-26)47(51)52)29(21-30)22-37-40(48)44-42(50)46(41(37)49)32-23-35-33(27-7-3-1-4-8-27)17-19-45-20-18-34(36(24-32)39(35)45)28-9-5-2-6-10-28/h1-16,21-24,33-34H,17-20,25H2,(H,44,48,50)/b37-22+/t33-,34-/m0/s1. The van der Waals surface area contributed by atoms with Crippen LogP contribution in [0.2, 0.25) is 0 Å². The zero-order valence-electron chi connectivity index (χ0n) is 28.4. The summed E-state index contributed by atoms with van der Waals surface area (Å²) in [5.41, 5.74) is 6.83. The van der Waals surface area contributed by atoms with E-state index in [9.17, 15) is 24.5 Å². The Labute approximate surface area is 314 Å². The number of barbiturate groups is 1. The Morgan fingerprint density at radius 2 is 1.42 bits per heavy atom. The number of nitro groups is 1. The fraction of sp³-hybridized carbons (Fsp3) is 0.167. The molecule has 1 fully saturated rings. The van der Waals surface area contributed by atoms with Crippen molar-refractivity contribution < 1.29 is 24.0 Å². The highest BCUT2D eigenvalue weighted by molar-refractivity contribution is 9.10. The molecular weight excluding hydrogens is 736 g/mol. The first-order chi connectivity index (χ1) is 25.7. The second-order valence-corrected chi connectivity index (χ2v) is 14.2. The Morgan fingerprint density at radius 1 is 0.811 bits per heavy atom. The van der Waals surface area contributed by atoms with Crippen molar-refractivity contribution in [1.29, 1.82) is 0 Å². The molecule has 0 aromatic heterocycles. The van der Waals surface area contributed by atoms with Crippen molar-refractivity contribution in [2.45, 2.75) is 31.3 Å². The van der Waals surface area contributed by atoms with Crippen LogP contribution in [-0.4, -0.2) is 35.9 Å². The molecule has 10 nitrogen and oxygen atoms in total. The van der Waals surface area contributed by atoms with Crippen molar-refractivity contribution in [2.24, 2.45) is 0 Å². The average Bonchev–Trinajstić information content (AvgIpc) is 3.17. The molecule has 3 heterocycles. The first kappa shape index (κ1) is 34.0. The molecule has 1 N–H and O–H groups in total. The summed E-state index contributed by atoms with van der Waals surface area (Å²) in [7, 11) is 0. The number of nitrogens with one attached hydrogen (secondary N) is 1. The van der Waals surface area contributed by atoms with E-state index in [1.165, 1.54) is 18.2 Å². The largest absolute Gasteiger partial charge is 0.488 e. The van der Waals surface area contributed by atoms with E-state index < -0.39 is 22.8 Å². The van der Waals surface area contributed by atoms with Gasteiger partial charge < -0.3 is 9.64 Å². The van der Waals surface area contributed by atoms with E-state index in [0.29, 0.717) is 27.0 Å². The number of nitro benzene ring substituents is 1. The number of carbonyl (C=O) groups is 3. The molecule has 0 radical (unpaired) electrons. The molecule has 53 heavy (non-hydrogen) atoms. The molecule has 0 unspecified atom stereocenters. The van der Waals surface area contributed by atoms with Crippen LogP contribution in [0.15, 0.2) is 125 Å². The van der Waals surface area contributed by atoms with Crippen LogP contribution in [0.3, 0.4) is 0 Å². The number of carbonyl (C=O) groups excluding carboxylic acids is 3. The lowest BCUT2D eigenvalue weighted by atomic mass is 9.76. The number of non-ortho nitro benzene ring substituents is 1. The Bertz CT molecular complexity index is 2220. The Morgan fingerprint density at radius 3 is 2.00 bits per heavy atom. The number of amides is 4. The average molecular weight is 770 g/mol. The summed E-state index contributed by atoms with van der Waals surface area (Å²) in [4.78, 5) is 55.6. The highest BCUT2D eigenvalue weighted by Crippen LogP contribution is 2.50. The van der Waals surface area contributed by atoms with E-state index in [2.05, 4.69) is 50.4 Å². The van der Waals surface area contributed by atoms with Crippen LogP contribution >= 0.6 is 15.9 Å². The number of hydrogen-bond donors (Lipinski definition) is 1. The van der Waals surface area contributed by atoms with Gasteiger partial charge in [-0.15, -0.1) is 0 Å². The molecule has 0 spiro atoms. The van der Waals surface area contributed by atoms with Gasteiger partial charge in [0, 0.05) is 52.8 Å². The second-order valence-electron chi connectivity index (χ2n) is 13.3. The summed E-state index contributed by atoms with van der Waals surface area (Å²) in [6, 6.07) is 34.8. The minimum Gasteiger partial charge on any atom is -0.488 e. The SMILES string of the molecule is O=C1NC(=O)N(c2cc3c4c(c2)[C@H](c2ccccc2)CCN4CC[C@H]3c2ccccc2)C(=O)/C1=C/c1cc(Br)ccc1OCc1ccc([N+](=O)[O-])cc1. The first-order valence-corrected chi connectivity index (χ1v) is 18.1. The van der Waals surface area contributed by atoms with Gasteiger partial charge in [0.05, 0.1) is 10.6 Å². The van der Waals surface area contributed by atoms with E-state index in [0.717, 1.165) is 58.8 Å². The number of anilines is 2. The van der Waals surface area contributed by atoms with Gasteiger partial charge in [-0.25, -0.2) is 9.69 Å². The highest BCUT2D eigenvalue weighted by Gasteiger charge is 2.40. The summed E-state index contributed by atoms with van der Waals surface area (Å²) in [5.74, 6) is -1.09. The molecule has 3 aliphatic heterocycles. The Kier molecular flexibility index (Phi) is 9.09. The van der Waals surface area contributed by atoms with Crippen LogP contribution in [0.5, 0.6) is 5.75 Å². The fourth-order valence-corrected chi connectivity index (χ4v) is 8.03. The van der Waals surface area contributed by atoms with Crippen LogP contribution in [0.25, 0.3) is 6.08 Å². The predicted octanol–water partition coefficient (Wildman–Crippen LogP) is 8.48. The molecule has 8 rings (SSSR count). The fourth-order valence-electron chi connectivity index (χ4n) is 7.65. The summed E-state index contributed by atoms with van der Waals surface area (Å²) in [6.07, 6.45) is 3.19. The van der Waals surface area contributed by atoms with Crippen LogP contribution in [0.1, 0.15) is 58.1 Å². The van der Waals surface area contributed by atoms with Crippen molar-refractivity contribution in [3.05, 3.63) is 169 Å². The molecule has 0 bridgehead atoms. The second kappa shape index (κ2) is 14.2. The van der Waals surface area contributed by atoms with Gasteiger partial charge in [0.1, 0.15) is 17.9 Å². The molecule has 11 heteroatoms. The van der Waals surface area contributed by atoms with Crippen molar-refractivity contribution in [2.75, 3.05) is 22.9 Å². The molecule has 2 atom stereocenters. The number of rotatable bonds is 8. The lowest BCUT2D eigenvalue weighted by Gasteiger charge is -2.44. The van der Waals surface area contributed by atoms with E-state index in [1.54, 1.807) is 30.3 Å². The molecule has 0 saturated carbocycles. The van der Waals surface area contributed by atoms with Gasteiger partial charge >= 0.3 is 6.03 Å². The van der Waals surface area contributed by atoms with Crippen molar-refractivity contribution in [3.63, 3.8) is 0 Å². The van der Waals surface area contributed by atoms with Crippen molar-refractivity contribution in [3.8, 4) is 5.75 Å². The molecule has 0 aliphatic carbocycles. The topological polar surface area (TPSA) is 122 Å². The van der Waals surface area contributed by atoms with Gasteiger partial charge in [0.2, 0.25) is 0 Å². The number of imide groups is 2. The summed E-state index contributed by atoms with van der Waals surface area (Å²) in [5, 5.41) is 13.5. The maximum absolute atomic E-state index is 14.4. The third-order valence-electron chi connectivity index (χ3n) is 10.2. The van der Waals surface area contributed by atoms with Gasteiger partial charge in [-0.2, -0.15) is 0 Å². The van der Waals surface area contributed by atoms with Gasteiger partial charge in [-0.3, -0.25) is 25.0 Å². The summed E-state index contributed by atoms with van der Waals surface area (Å²) < 4.78 is 6.76. The predicted molar refractivity (Wildman–Crippen MR) is 205 cm³/mol. The maximum atomic E-state index is 14.4. The van der Waals surface area contributed by atoms with Crippen LogP contribution in [-0.2, 0) is 16.2 Å². The zero-order valence-corrected chi connectivity index (χ0v) is 30.0. The lowest BCUT2D eigenvalue weighted by Crippen LogP contribution is -2.54. The minimum atomic E-state index is -0.816. The highest BCUT2D eigenvalue weighted by atomic mass is 79.9. The van der Waals surface area contributed by atoms with Gasteiger partial charge in [0.15, 0.2) is 0 Å². The molecule has 5 aromatic rings. The zero-order chi connectivity index (χ0) is 36.6. The molecule has 1 saturated heterocycles. The first-order valence-electron chi connectivity index (χ1n) is 17.3. The molecule has 4 amide bonds. The van der Waals surface area contributed by atoms with Crippen molar-refractivity contribution in [1.82, 2.24) is 5.32 Å². The number of benzene rings is 5. The number of ether oxygens (including phenoxy) is 1. The normalized spacial score (nSPS) is 18.8. The van der Waals surface area contributed by atoms with Crippen LogP contribution < -0.4 is 19.9 Å². The Hall–Kier alpha value is -6.07. The molecule has 264 valence electrons. The third kappa shape index (κ3) is 6.60. The summed E-state index contributed by atoms with van der Waals surface area (Å²) in [6.45, 7) is 1.87. The van der Waals surface area contributed by atoms with Gasteiger partial charge in [-0.1, -0.05) is 76.6 Å². The summed E-state index contributed by atoms with van der Waals surface area (Å²) >= 11 is 3.48. The number of nitrogens with zero attached hydrogens (tertiary/aromatic N) is 3. The van der Waals surface area contributed by atoms with E-state index in [1.807, 2.05) is 48.5 Å². The van der Waals surface area contributed by atoms with Gasteiger partial charge in [0.25, 0.3) is 17.5 Å². The minimum absolute atomic E-state index is 0.0320. The smallest absolute Gasteiger partial charge is 0.335 e. The molecule has 3 aliphatic rings. The third-order valence-corrected chi connectivity index (χ3v) is 10.7. The van der Waals surface area contributed by atoms with E-state index in [4.69, 9.17) is 4.74 Å². The number of hydrogen-bond acceptors (Lipinski definition) is 7. The molecular formula is C42H33BrN4O6. The molecule has 5 aromatic carbocycles. The van der Waals surface area contributed by atoms with Crippen LogP contribution in [0, 0.1) is 10.1 Å². The van der Waals surface area contributed by atoms with Crippen molar-refractivity contribution >= 4 is 56.9 Å². The van der Waals surface area contributed by atoms with Crippen LogP contribution in [0.4, 0.5) is 21.9 Å². The number of urea groups is 1. The maximum Gasteiger partial charge on any atom is 0.335 e. The Balaban J connectivity index is 1.19. The van der Waals surface area contributed by atoms with E-state index >= 15 is 0 Å².